The Morgan fingerprint density at radius 1 is 1.19 bits per heavy atom. The third-order valence-corrected chi connectivity index (χ3v) is 6.08. The number of benzene rings is 1. The molecule has 2 heterocycles. The number of nitrogens with one attached hydrogen (secondary N) is 1. The highest BCUT2D eigenvalue weighted by atomic mass is 32.2. The smallest absolute Gasteiger partial charge is 0.255 e. The molecule has 1 saturated heterocycles. The van der Waals surface area contributed by atoms with Gasteiger partial charge in [0.15, 0.2) is 0 Å². The normalized spacial score (nSPS) is 15.1. The molecule has 1 aliphatic heterocycles. The van der Waals surface area contributed by atoms with Crippen molar-refractivity contribution in [2.75, 3.05) is 31.1 Å². The minimum atomic E-state index is -3.34. The largest absolute Gasteiger partial charge is 0.368 e. The van der Waals surface area contributed by atoms with Crippen LogP contribution in [0.1, 0.15) is 23.2 Å². The Hall–Kier alpha value is -2.52. The highest BCUT2D eigenvalue weighted by Crippen LogP contribution is 2.21. The summed E-state index contributed by atoms with van der Waals surface area (Å²) in [7, 11) is -3.34. The molecular formula is C17H21N5O3S. The lowest BCUT2D eigenvalue weighted by molar-refractivity contribution is 0.0956. The number of nitrogens with zero attached hydrogens (tertiary/aromatic N) is 3. The van der Waals surface area contributed by atoms with Crippen LogP contribution in [0.15, 0.2) is 36.5 Å². The zero-order valence-corrected chi connectivity index (χ0v) is 15.1. The second-order valence-electron chi connectivity index (χ2n) is 6.03. The van der Waals surface area contributed by atoms with Gasteiger partial charge in [-0.1, -0.05) is 30.3 Å². The lowest BCUT2D eigenvalue weighted by Crippen LogP contribution is -2.36. The summed E-state index contributed by atoms with van der Waals surface area (Å²) in [5, 5.41) is 2.64. The van der Waals surface area contributed by atoms with Gasteiger partial charge in [-0.15, -0.1) is 0 Å². The Kier molecular flexibility index (Phi) is 5.48. The summed E-state index contributed by atoms with van der Waals surface area (Å²) in [6.07, 6.45) is 3.12. The number of sulfonamides is 1. The number of carbonyl (C=O) groups is 1. The third kappa shape index (κ3) is 4.17. The molecule has 1 aromatic carbocycles. The fourth-order valence-corrected chi connectivity index (χ4v) is 4.29. The Bertz CT molecular complexity index is 881. The lowest BCUT2D eigenvalue weighted by atomic mass is 10.1. The fraction of sp³-hybridized carbons (Fsp3) is 0.353. The molecule has 1 aliphatic rings. The Labute approximate surface area is 152 Å². The fourth-order valence-electron chi connectivity index (χ4n) is 2.86. The number of hydrogen-bond donors (Lipinski definition) is 2. The van der Waals surface area contributed by atoms with E-state index in [0.29, 0.717) is 18.8 Å². The molecule has 1 aromatic heterocycles. The van der Waals surface area contributed by atoms with E-state index in [1.807, 2.05) is 30.3 Å². The summed E-state index contributed by atoms with van der Waals surface area (Å²) in [6.45, 7) is 1.14. The van der Waals surface area contributed by atoms with E-state index < -0.39 is 15.9 Å². The zero-order valence-electron chi connectivity index (χ0n) is 14.3. The van der Waals surface area contributed by atoms with Gasteiger partial charge in [0, 0.05) is 31.4 Å². The topological polar surface area (TPSA) is 118 Å². The van der Waals surface area contributed by atoms with Crippen molar-refractivity contribution < 1.29 is 13.2 Å². The van der Waals surface area contributed by atoms with E-state index in [4.69, 9.17) is 5.73 Å². The van der Waals surface area contributed by atoms with Gasteiger partial charge in [-0.25, -0.2) is 22.7 Å². The van der Waals surface area contributed by atoms with Crippen LogP contribution in [0.5, 0.6) is 0 Å². The molecule has 0 atom stereocenters. The minimum Gasteiger partial charge on any atom is -0.368 e. The van der Waals surface area contributed by atoms with Gasteiger partial charge >= 0.3 is 0 Å². The highest BCUT2D eigenvalue weighted by molar-refractivity contribution is 7.89. The molecule has 0 saturated carbocycles. The number of aromatic nitrogens is 2. The third-order valence-electron chi connectivity index (χ3n) is 4.20. The van der Waals surface area contributed by atoms with Crippen LogP contribution in [0.3, 0.4) is 0 Å². The van der Waals surface area contributed by atoms with E-state index in [1.54, 1.807) is 0 Å². The number of amides is 1. The van der Waals surface area contributed by atoms with Gasteiger partial charge in [0.2, 0.25) is 16.0 Å². The van der Waals surface area contributed by atoms with Crippen molar-refractivity contribution in [2.24, 2.45) is 0 Å². The van der Waals surface area contributed by atoms with Crippen molar-refractivity contribution in [1.29, 1.82) is 0 Å². The van der Waals surface area contributed by atoms with Crippen LogP contribution < -0.4 is 11.1 Å². The standard InChI is InChI=1S/C17H21N5O3S/c18-17-20-12-14(15(21-17)13-6-2-1-3-7-13)16(23)19-8-11-26(24,25)22-9-4-5-10-22/h1-3,6-7,12H,4-5,8-11H2,(H,19,23)(H2,18,20,21). The predicted octanol–water partition coefficient (Wildman–Crippen LogP) is 0.881. The first kappa shape index (κ1) is 18.3. The van der Waals surface area contributed by atoms with Crippen LogP contribution in [0.2, 0.25) is 0 Å². The highest BCUT2D eigenvalue weighted by Gasteiger charge is 2.25. The van der Waals surface area contributed by atoms with Gasteiger partial charge in [0.1, 0.15) is 0 Å². The van der Waals surface area contributed by atoms with Gasteiger partial charge in [-0.2, -0.15) is 0 Å². The molecule has 0 radical (unpaired) electrons. The number of anilines is 1. The minimum absolute atomic E-state index is 0.0241. The van der Waals surface area contributed by atoms with E-state index in [2.05, 4.69) is 15.3 Å². The first-order valence-corrected chi connectivity index (χ1v) is 10.0. The quantitative estimate of drug-likeness (QED) is 0.774. The molecular weight excluding hydrogens is 354 g/mol. The summed E-state index contributed by atoms with van der Waals surface area (Å²) in [5.41, 5.74) is 7.05. The van der Waals surface area contributed by atoms with Crippen LogP contribution in [-0.2, 0) is 10.0 Å². The Morgan fingerprint density at radius 3 is 2.58 bits per heavy atom. The monoisotopic (exact) mass is 375 g/mol. The van der Waals surface area contributed by atoms with Gasteiger partial charge in [-0.05, 0) is 12.8 Å². The maximum atomic E-state index is 12.5. The van der Waals surface area contributed by atoms with Crippen molar-refractivity contribution in [3.63, 3.8) is 0 Å². The van der Waals surface area contributed by atoms with Crippen molar-refractivity contribution in [3.05, 3.63) is 42.1 Å². The second-order valence-corrected chi connectivity index (χ2v) is 8.12. The van der Waals surface area contributed by atoms with E-state index in [-0.39, 0.29) is 23.8 Å². The molecule has 0 spiro atoms. The van der Waals surface area contributed by atoms with E-state index in [1.165, 1.54) is 10.5 Å². The molecule has 3 rings (SSSR count). The van der Waals surface area contributed by atoms with Gasteiger partial charge < -0.3 is 11.1 Å². The summed E-state index contributed by atoms with van der Waals surface area (Å²) < 4.78 is 25.9. The molecule has 2 aromatic rings. The number of nitrogens with two attached hydrogens (primary N) is 1. The lowest BCUT2D eigenvalue weighted by Gasteiger charge is -2.15. The Balaban J connectivity index is 1.70. The average Bonchev–Trinajstić information content (AvgIpc) is 3.18. The van der Waals surface area contributed by atoms with Crippen molar-refractivity contribution in [2.45, 2.75) is 12.8 Å². The van der Waals surface area contributed by atoms with Crippen LogP contribution in [0.4, 0.5) is 5.95 Å². The molecule has 9 heteroatoms. The SMILES string of the molecule is Nc1ncc(C(=O)NCCS(=O)(=O)N2CCCC2)c(-c2ccccc2)n1. The summed E-state index contributed by atoms with van der Waals surface area (Å²) in [4.78, 5) is 20.6. The number of carbonyl (C=O) groups excluding carboxylic acids is 1. The van der Waals surface area contributed by atoms with Crippen LogP contribution in [0, 0.1) is 0 Å². The summed E-state index contributed by atoms with van der Waals surface area (Å²) in [5.74, 6) is -0.493. The number of hydrogen-bond acceptors (Lipinski definition) is 6. The molecule has 0 bridgehead atoms. The maximum Gasteiger partial charge on any atom is 0.255 e. The molecule has 3 N–H and O–H groups in total. The van der Waals surface area contributed by atoms with E-state index in [9.17, 15) is 13.2 Å². The maximum absolute atomic E-state index is 12.5. The van der Waals surface area contributed by atoms with Crippen LogP contribution in [-0.4, -0.2) is 54.0 Å². The van der Waals surface area contributed by atoms with E-state index in [0.717, 1.165) is 18.4 Å². The average molecular weight is 375 g/mol. The first-order valence-electron chi connectivity index (χ1n) is 8.41. The second kappa shape index (κ2) is 7.79. The Morgan fingerprint density at radius 2 is 1.88 bits per heavy atom. The van der Waals surface area contributed by atoms with Crippen LogP contribution >= 0.6 is 0 Å². The summed E-state index contributed by atoms with van der Waals surface area (Å²) in [6, 6.07) is 9.15. The van der Waals surface area contributed by atoms with Gasteiger partial charge in [-0.3, -0.25) is 4.79 Å². The molecule has 8 nitrogen and oxygen atoms in total. The van der Waals surface area contributed by atoms with Crippen molar-refractivity contribution in [3.8, 4) is 11.3 Å². The van der Waals surface area contributed by atoms with Crippen molar-refractivity contribution >= 4 is 21.9 Å². The molecule has 1 fully saturated rings. The molecule has 26 heavy (non-hydrogen) atoms. The van der Waals surface area contributed by atoms with E-state index >= 15 is 0 Å². The zero-order chi connectivity index (χ0) is 18.6. The first-order chi connectivity index (χ1) is 12.5. The number of nitrogen functional groups attached to an aromatic ring is 1. The van der Waals surface area contributed by atoms with Gasteiger partial charge in [0.05, 0.1) is 17.0 Å². The molecule has 0 aliphatic carbocycles. The molecule has 1 amide bonds. The van der Waals surface area contributed by atoms with Crippen molar-refractivity contribution in [1.82, 2.24) is 19.6 Å². The summed E-state index contributed by atoms with van der Waals surface area (Å²) >= 11 is 0. The van der Waals surface area contributed by atoms with Gasteiger partial charge in [0.25, 0.3) is 5.91 Å². The molecule has 0 unspecified atom stereocenters. The number of rotatable bonds is 6. The predicted molar refractivity (Wildman–Crippen MR) is 98.8 cm³/mol. The van der Waals surface area contributed by atoms with Crippen LogP contribution in [0.25, 0.3) is 11.3 Å². The molecule has 138 valence electrons.